The van der Waals surface area contributed by atoms with Crippen molar-refractivity contribution in [3.05, 3.63) is 86.0 Å². The van der Waals surface area contributed by atoms with Gasteiger partial charge < -0.3 is 9.47 Å². The van der Waals surface area contributed by atoms with E-state index in [2.05, 4.69) is 0 Å². The predicted octanol–water partition coefficient (Wildman–Crippen LogP) is 3.05. The van der Waals surface area contributed by atoms with Crippen LogP contribution in [-0.4, -0.2) is 64.8 Å². The van der Waals surface area contributed by atoms with Crippen LogP contribution in [0, 0.1) is 26.1 Å². The number of non-ortho nitro benzene ring substituents is 2. The molecule has 12 heteroatoms. The summed E-state index contributed by atoms with van der Waals surface area (Å²) in [6.45, 7) is 0.429. The minimum absolute atomic E-state index is 0.109. The van der Waals surface area contributed by atoms with Crippen molar-refractivity contribution >= 4 is 35.2 Å². The van der Waals surface area contributed by atoms with Crippen molar-refractivity contribution < 1.29 is 33.7 Å². The van der Waals surface area contributed by atoms with Gasteiger partial charge in [0.15, 0.2) is 0 Å². The third kappa shape index (κ3) is 4.43. The summed E-state index contributed by atoms with van der Waals surface area (Å²) in [5.74, 6) is -4.74. The van der Waals surface area contributed by atoms with Crippen LogP contribution < -0.4 is 0 Å². The van der Waals surface area contributed by atoms with E-state index in [-0.39, 0.29) is 17.4 Å². The second-order valence-electron chi connectivity index (χ2n) is 9.11. The number of ether oxygens (including phenoxy) is 2. The Morgan fingerprint density at radius 1 is 0.947 bits per heavy atom. The number of carbonyl (C=O) groups is 3. The Bertz CT molecular complexity index is 1310. The molecule has 2 aromatic carbocycles. The van der Waals surface area contributed by atoms with Gasteiger partial charge >= 0.3 is 11.9 Å². The van der Waals surface area contributed by atoms with Crippen molar-refractivity contribution in [2.45, 2.75) is 30.3 Å². The number of fused-ring (bicyclic) bond motifs is 1. The Morgan fingerprint density at radius 3 is 2.05 bits per heavy atom. The lowest BCUT2D eigenvalue weighted by Gasteiger charge is -2.36. The lowest BCUT2D eigenvalue weighted by atomic mass is 9.71. The van der Waals surface area contributed by atoms with Crippen LogP contribution in [0.2, 0.25) is 0 Å². The maximum atomic E-state index is 13.6. The van der Waals surface area contributed by atoms with E-state index in [0.717, 1.165) is 7.11 Å². The summed E-state index contributed by atoms with van der Waals surface area (Å²) in [6, 6.07) is 11.0. The van der Waals surface area contributed by atoms with Crippen LogP contribution in [0.25, 0.3) is 6.08 Å². The fourth-order valence-corrected chi connectivity index (χ4v) is 5.73. The van der Waals surface area contributed by atoms with E-state index in [1.807, 2.05) is 4.90 Å². The van der Waals surface area contributed by atoms with Crippen LogP contribution in [0.15, 0.2) is 54.6 Å². The molecule has 0 aliphatic carbocycles. The number of nitro groups is 2. The molecule has 0 amide bonds. The Balaban J connectivity index is 1.89. The monoisotopic (exact) mass is 523 g/mol. The van der Waals surface area contributed by atoms with E-state index in [0.29, 0.717) is 30.5 Å². The van der Waals surface area contributed by atoms with Crippen molar-refractivity contribution in [1.82, 2.24) is 4.90 Å². The average Bonchev–Trinajstić information content (AvgIpc) is 3.51. The lowest BCUT2D eigenvalue weighted by molar-refractivity contribution is -0.385. The van der Waals surface area contributed by atoms with E-state index >= 15 is 0 Å². The number of esters is 2. The van der Waals surface area contributed by atoms with Crippen LogP contribution in [0.3, 0.4) is 0 Å². The summed E-state index contributed by atoms with van der Waals surface area (Å²) in [5.41, 5.74) is -0.859. The highest BCUT2D eigenvalue weighted by Crippen LogP contribution is 2.54. The fraction of sp³-hybridized carbons (Fsp3) is 0.346. The molecule has 0 bridgehead atoms. The Morgan fingerprint density at radius 2 is 1.53 bits per heavy atom. The van der Waals surface area contributed by atoms with Crippen LogP contribution in [0.1, 0.15) is 29.9 Å². The van der Waals surface area contributed by atoms with E-state index in [1.54, 1.807) is 6.08 Å². The second-order valence-corrected chi connectivity index (χ2v) is 9.11. The number of methoxy groups -OCH3 is 2. The third-order valence-corrected chi connectivity index (χ3v) is 7.33. The minimum atomic E-state index is -1.70. The first kappa shape index (κ1) is 26.6. The first-order valence-electron chi connectivity index (χ1n) is 11.8. The first-order chi connectivity index (χ1) is 18.1. The molecule has 0 saturated carbocycles. The summed E-state index contributed by atoms with van der Waals surface area (Å²) < 4.78 is 9.95. The van der Waals surface area contributed by atoms with Crippen molar-refractivity contribution in [2.24, 2.45) is 5.92 Å². The van der Waals surface area contributed by atoms with Crippen molar-refractivity contribution in [2.75, 3.05) is 20.8 Å². The number of benzene rings is 2. The van der Waals surface area contributed by atoms with Gasteiger partial charge in [0.05, 0.1) is 30.0 Å². The normalized spacial score (nSPS) is 24.6. The first-order valence-corrected chi connectivity index (χ1v) is 11.8. The highest BCUT2D eigenvalue weighted by atomic mass is 16.6. The van der Waals surface area contributed by atoms with Gasteiger partial charge in [0.25, 0.3) is 11.4 Å². The molecular formula is C26H25N3O9. The van der Waals surface area contributed by atoms with Gasteiger partial charge in [-0.05, 0) is 42.6 Å². The average molecular weight is 523 g/mol. The molecule has 2 aromatic rings. The zero-order valence-electron chi connectivity index (χ0n) is 20.6. The minimum Gasteiger partial charge on any atom is -0.467 e. The molecule has 2 heterocycles. The van der Waals surface area contributed by atoms with E-state index in [1.165, 1.54) is 61.7 Å². The molecule has 0 aromatic heterocycles. The SMILES string of the molecule is COC(=O)C(=O)[C@@H]1[C@@H](c2ccc([N+](=O)[O-])cc2)[C@@H]2CCCN2[C@@]1(/C=C/c1ccc([N+](=O)[O-])cc1)C(=O)OC. The fourth-order valence-electron chi connectivity index (χ4n) is 5.73. The Kier molecular flexibility index (Phi) is 7.35. The maximum Gasteiger partial charge on any atom is 0.374 e. The molecule has 2 aliphatic rings. The molecule has 198 valence electrons. The predicted molar refractivity (Wildman–Crippen MR) is 133 cm³/mol. The van der Waals surface area contributed by atoms with Gasteiger partial charge in [-0.15, -0.1) is 0 Å². The maximum absolute atomic E-state index is 13.6. The Hall–Kier alpha value is -4.45. The van der Waals surface area contributed by atoms with E-state index in [4.69, 9.17) is 9.47 Å². The zero-order chi connectivity index (χ0) is 27.6. The summed E-state index contributed by atoms with van der Waals surface area (Å²) in [6.07, 6.45) is 4.38. The number of hydrogen-bond acceptors (Lipinski definition) is 10. The topological polar surface area (TPSA) is 159 Å². The summed E-state index contributed by atoms with van der Waals surface area (Å²) in [5, 5.41) is 22.2. The van der Waals surface area contributed by atoms with Gasteiger partial charge in [-0.25, -0.2) is 9.59 Å². The van der Waals surface area contributed by atoms with Gasteiger partial charge in [0, 0.05) is 36.2 Å². The van der Waals surface area contributed by atoms with E-state index in [9.17, 15) is 34.6 Å². The van der Waals surface area contributed by atoms with Gasteiger partial charge in [-0.3, -0.25) is 29.9 Å². The number of nitro benzene ring substituents is 2. The third-order valence-electron chi connectivity index (χ3n) is 7.33. The summed E-state index contributed by atoms with van der Waals surface area (Å²) >= 11 is 0. The van der Waals surface area contributed by atoms with Crippen molar-refractivity contribution in [3.8, 4) is 0 Å². The Labute approximate surface area is 217 Å². The van der Waals surface area contributed by atoms with Crippen LogP contribution in [0.4, 0.5) is 11.4 Å². The molecular weight excluding hydrogens is 498 g/mol. The van der Waals surface area contributed by atoms with Crippen molar-refractivity contribution in [1.29, 1.82) is 0 Å². The molecule has 4 rings (SSSR count). The van der Waals surface area contributed by atoms with Crippen molar-refractivity contribution in [3.63, 3.8) is 0 Å². The van der Waals surface area contributed by atoms with Crippen LogP contribution in [0.5, 0.6) is 0 Å². The smallest absolute Gasteiger partial charge is 0.374 e. The largest absolute Gasteiger partial charge is 0.467 e. The standard InChI is InChI=1S/C26H25N3O9/c1-37-24(31)23(30)22-21(17-7-11-19(12-8-17)29(35)36)20-4-3-15-27(20)26(22,25(32)38-2)14-13-16-5-9-18(10-6-16)28(33)34/h5-14,20-22H,3-4,15H2,1-2H3/b14-13+/t20-,21-,22-,26+/m0/s1. The highest BCUT2D eigenvalue weighted by Gasteiger charge is 2.67. The number of carbonyl (C=O) groups excluding carboxylic acids is 3. The second kappa shape index (κ2) is 10.5. The molecule has 0 unspecified atom stereocenters. The molecule has 2 fully saturated rings. The van der Waals surface area contributed by atoms with Crippen LogP contribution in [-0.2, 0) is 23.9 Å². The number of ketones is 1. The molecule has 0 radical (unpaired) electrons. The molecule has 0 spiro atoms. The zero-order valence-corrected chi connectivity index (χ0v) is 20.6. The summed E-state index contributed by atoms with van der Waals surface area (Å²) in [7, 11) is 2.26. The molecule has 4 atom stereocenters. The highest BCUT2D eigenvalue weighted by molar-refractivity contribution is 6.35. The number of nitrogens with zero attached hydrogens (tertiary/aromatic N) is 3. The molecule has 38 heavy (non-hydrogen) atoms. The van der Waals surface area contributed by atoms with Gasteiger partial charge in [-0.2, -0.15) is 0 Å². The van der Waals surface area contributed by atoms with Crippen LogP contribution >= 0.6 is 0 Å². The van der Waals surface area contributed by atoms with Gasteiger partial charge in [0.2, 0.25) is 5.78 Å². The molecule has 2 saturated heterocycles. The number of Topliss-reactive ketones (excluding diaryl/α,β-unsaturated/α-hetero) is 1. The molecule has 12 nitrogen and oxygen atoms in total. The van der Waals surface area contributed by atoms with E-state index < -0.39 is 44.9 Å². The lowest BCUT2D eigenvalue weighted by Crippen LogP contribution is -2.56. The van der Waals surface area contributed by atoms with Gasteiger partial charge in [0.1, 0.15) is 5.54 Å². The quantitative estimate of drug-likeness (QED) is 0.218. The molecule has 2 aliphatic heterocycles. The van der Waals surface area contributed by atoms with Gasteiger partial charge in [-0.1, -0.05) is 24.3 Å². The molecule has 0 N–H and O–H groups in total. The summed E-state index contributed by atoms with van der Waals surface area (Å²) in [4.78, 5) is 62.8. The number of hydrogen-bond donors (Lipinski definition) is 0. The number of rotatable bonds is 8.